The number of carbonyl (C=O) groups excluding carboxylic acids is 1. The molecule has 0 spiro atoms. The fourth-order valence-electron chi connectivity index (χ4n) is 1.86. The molecule has 0 saturated carbocycles. The van der Waals surface area contributed by atoms with Crippen molar-refractivity contribution in [2.75, 3.05) is 7.11 Å². The van der Waals surface area contributed by atoms with Gasteiger partial charge >= 0.3 is 5.97 Å². The second-order valence-electron chi connectivity index (χ2n) is 4.34. The molecule has 0 fully saturated rings. The summed E-state index contributed by atoms with van der Waals surface area (Å²) in [5.41, 5.74) is 3.72. The standard InChI is InChI=1S/C17H22O2/c1-4-6-7-15(5-2)16-11-8-14(9-12-16)10-13-17(18)19-3/h4,6-9,11-12H,5,10,13H2,1-3H3/b6-4-,15-7+. The molecule has 0 unspecified atom stereocenters. The van der Waals surface area contributed by atoms with E-state index in [0.29, 0.717) is 6.42 Å². The van der Waals surface area contributed by atoms with Gasteiger partial charge in [0.1, 0.15) is 0 Å². The summed E-state index contributed by atoms with van der Waals surface area (Å²) in [6.07, 6.45) is 8.40. The Kier molecular flexibility index (Phi) is 6.65. The van der Waals surface area contributed by atoms with Crippen molar-refractivity contribution in [3.8, 4) is 0 Å². The number of allylic oxidation sites excluding steroid dienone is 4. The Labute approximate surface area is 115 Å². The van der Waals surface area contributed by atoms with Crippen LogP contribution in [0.2, 0.25) is 0 Å². The van der Waals surface area contributed by atoms with Gasteiger partial charge in [0.05, 0.1) is 7.11 Å². The maximum absolute atomic E-state index is 11.1. The van der Waals surface area contributed by atoms with Crippen molar-refractivity contribution < 1.29 is 9.53 Å². The van der Waals surface area contributed by atoms with Gasteiger partial charge in [-0.1, -0.05) is 49.4 Å². The topological polar surface area (TPSA) is 26.3 Å². The summed E-state index contributed by atoms with van der Waals surface area (Å²) in [5, 5.41) is 0. The molecule has 0 aliphatic heterocycles. The van der Waals surface area contributed by atoms with Crippen molar-refractivity contribution in [1.29, 1.82) is 0 Å². The van der Waals surface area contributed by atoms with Crippen LogP contribution >= 0.6 is 0 Å². The quantitative estimate of drug-likeness (QED) is 0.565. The molecule has 0 bridgehead atoms. The second-order valence-corrected chi connectivity index (χ2v) is 4.34. The van der Waals surface area contributed by atoms with Crippen molar-refractivity contribution in [2.24, 2.45) is 0 Å². The fourth-order valence-corrected chi connectivity index (χ4v) is 1.86. The molecule has 0 N–H and O–H groups in total. The highest BCUT2D eigenvalue weighted by molar-refractivity contribution is 5.70. The van der Waals surface area contributed by atoms with E-state index in [4.69, 9.17) is 0 Å². The summed E-state index contributed by atoms with van der Waals surface area (Å²) in [4.78, 5) is 11.1. The molecule has 19 heavy (non-hydrogen) atoms. The summed E-state index contributed by atoms with van der Waals surface area (Å²) < 4.78 is 4.64. The van der Waals surface area contributed by atoms with Crippen LogP contribution in [0.15, 0.2) is 42.5 Å². The van der Waals surface area contributed by atoms with Crippen molar-refractivity contribution >= 4 is 11.5 Å². The molecule has 1 aromatic rings. The lowest BCUT2D eigenvalue weighted by Crippen LogP contribution is -2.01. The van der Waals surface area contributed by atoms with E-state index in [9.17, 15) is 4.79 Å². The van der Waals surface area contributed by atoms with Crippen LogP contribution in [0.1, 0.15) is 37.8 Å². The molecule has 0 saturated heterocycles. The van der Waals surface area contributed by atoms with Crippen LogP contribution < -0.4 is 0 Å². The number of methoxy groups -OCH3 is 1. The normalized spacial score (nSPS) is 11.8. The maximum Gasteiger partial charge on any atom is 0.305 e. The molecule has 1 rings (SSSR count). The minimum absolute atomic E-state index is 0.161. The van der Waals surface area contributed by atoms with Crippen molar-refractivity contribution in [1.82, 2.24) is 0 Å². The molecule has 0 aromatic heterocycles. The average Bonchev–Trinajstić information content (AvgIpc) is 2.46. The Morgan fingerprint density at radius 1 is 1.26 bits per heavy atom. The van der Waals surface area contributed by atoms with Gasteiger partial charge < -0.3 is 4.74 Å². The average molecular weight is 258 g/mol. The number of carbonyl (C=O) groups is 1. The van der Waals surface area contributed by atoms with Crippen molar-refractivity contribution in [2.45, 2.75) is 33.1 Å². The van der Waals surface area contributed by atoms with Gasteiger partial charge in [-0.05, 0) is 36.5 Å². The van der Waals surface area contributed by atoms with E-state index in [1.807, 2.05) is 13.0 Å². The Hall–Kier alpha value is -1.83. The van der Waals surface area contributed by atoms with Crippen LogP contribution in [-0.4, -0.2) is 13.1 Å². The fraction of sp³-hybridized carbons (Fsp3) is 0.353. The first kappa shape index (κ1) is 15.2. The lowest BCUT2D eigenvalue weighted by atomic mass is 10.00. The first-order valence-corrected chi connectivity index (χ1v) is 6.69. The minimum Gasteiger partial charge on any atom is -0.469 e. The predicted octanol–water partition coefficient (Wildman–Crippen LogP) is 4.16. The third kappa shape index (κ3) is 5.12. The van der Waals surface area contributed by atoms with E-state index in [1.165, 1.54) is 18.2 Å². The molecule has 0 heterocycles. The van der Waals surface area contributed by atoms with Gasteiger partial charge in [-0.2, -0.15) is 0 Å². The van der Waals surface area contributed by atoms with Gasteiger partial charge in [-0.25, -0.2) is 0 Å². The van der Waals surface area contributed by atoms with Gasteiger partial charge in [0.25, 0.3) is 0 Å². The third-order valence-electron chi connectivity index (χ3n) is 3.04. The molecular formula is C17H22O2. The Morgan fingerprint density at radius 2 is 1.95 bits per heavy atom. The van der Waals surface area contributed by atoms with Crippen LogP contribution in [-0.2, 0) is 16.0 Å². The molecule has 102 valence electrons. The van der Waals surface area contributed by atoms with E-state index < -0.39 is 0 Å². The number of rotatable bonds is 6. The van der Waals surface area contributed by atoms with Crippen LogP contribution in [0.25, 0.3) is 5.57 Å². The van der Waals surface area contributed by atoms with E-state index in [-0.39, 0.29) is 5.97 Å². The number of benzene rings is 1. The lowest BCUT2D eigenvalue weighted by Gasteiger charge is -2.06. The zero-order valence-electron chi connectivity index (χ0n) is 12.0. The van der Waals surface area contributed by atoms with Crippen LogP contribution in [0.5, 0.6) is 0 Å². The predicted molar refractivity (Wildman–Crippen MR) is 79.9 cm³/mol. The number of aryl methyl sites for hydroxylation is 1. The van der Waals surface area contributed by atoms with Crippen LogP contribution in [0, 0.1) is 0 Å². The lowest BCUT2D eigenvalue weighted by molar-refractivity contribution is -0.140. The Balaban J connectivity index is 2.72. The van der Waals surface area contributed by atoms with Gasteiger partial charge in [-0.3, -0.25) is 4.79 Å². The molecule has 1 aromatic carbocycles. The van der Waals surface area contributed by atoms with Crippen LogP contribution in [0.3, 0.4) is 0 Å². The first-order chi connectivity index (χ1) is 9.21. The summed E-state index contributed by atoms with van der Waals surface area (Å²) in [5.74, 6) is -0.161. The SMILES string of the molecule is C/C=C\C=C(/CC)c1ccc(CCC(=O)OC)cc1. The van der Waals surface area contributed by atoms with E-state index in [1.54, 1.807) is 0 Å². The monoisotopic (exact) mass is 258 g/mol. The molecule has 0 atom stereocenters. The Morgan fingerprint density at radius 3 is 2.47 bits per heavy atom. The number of hydrogen-bond acceptors (Lipinski definition) is 2. The number of ether oxygens (including phenoxy) is 1. The number of esters is 1. The molecule has 0 aliphatic carbocycles. The summed E-state index contributed by atoms with van der Waals surface area (Å²) in [7, 11) is 1.42. The summed E-state index contributed by atoms with van der Waals surface area (Å²) in [6, 6.07) is 8.39. The van der Waals surface area contributed by atoms with Gasteiger partial charge in [0.2, 0.25) is 0 Å². The van der Waals surface area contributed by atoms with Gasteiger partial charge in [0.15, 0.2) is 0 Å². The zero-order valence-corrected chi connectivity index (χ0v) is 12.0. The summed E-state index contributed by atoms with van der Waals surface area (Å²) in [6.45, 7) is 4.17. The number of hydrogen-bond donors (Lipinski definition) is 0. The molecular weight excluding hydrogens is 236 g/mol. The molecule has 2 heteroatoms. The molecule has 0 radical (unpaired) electrons. The summed E-state index contributed by atoms with van der Waals surface area (Å²) >= 11 is 0. The zero-order chi connectivity index (χ0) is 14.1. The smallest absolute Gasteiger partial charge is 0.305 e. The highest BCUT2D eigenvalue weighted by atomic mass is 16.5. The third-order valence-corrected chi connectivity index (χ3v) is 3.04. The molecule has 0 aliphatic rings. The molecule has 2 nitrogen and oxygen atoms in total. The van der Waals surface area contributed by atoms with Gasteiger partial charge in [-0.15, -0.1) is 0 Å². The highest BCUT2D eigenvalue weighted by Crippen LogP contribution is 2.19. The Bertz CT molecular complexity index is 453. The van der Waals surface area contributed by atoms with E-state index in [0.717, 1.165) is 18.4 Å². The van der Waals surface area contributed by atoms with Crippen molar-refractivity contribution in [3.05, 3.63) is 53.6 Å². The van der Waals surface area contributed by atoms with Crippen molar-refractivity contribution in [3.63, 3.8) is 0 Å². The highest BCUT2D eigenvalue weighted by Gasteiger charge is 2.02. The largest absolute Gasteiger partial charge is 0.469 e. The van der Waals surface area contributed by atoms with E-state index >= 15 is 0 Å². The molecule has 0 amide bonds. The second kappa shape index (κ2) is 8.30. The van der Waals surface area contributed by atoms with Gasteiger partial charge in [0, 0.05) is 6.42 Å². The minimum atomic E-state index is -0.161. The van der Waals surface area contributed by atoms with Crippen LogP contribution in [0.4, 0.5) is 0 Å². The first-order valence-electron chi connectivity index (χ1n) is 6.69. The maximum atomic E-state index is 11.1. The van der Waals surface area contributed by atoms with E-state index in [2.05, 4.69) is 48.1 Å².